The average Bonchev–Trinajstić information content (AvgIpc) is 2.73. The zero-order valence-electron chi connectivity index (χ0n) is 18.2. The number of rotatable bonds is 5. The second-order valence-corrected chi connectivity index (χ2v) is 8.85. The monoisotopic (exact) mass is 419 g/mol. The van der Waals surface area contributed by atoms with Gasteiger partial charge in [-0.1, -0.05) is 31.2 Å². The summed E-state index contributed by atoms with van der Waals surface area (Å²) in [5, 5.41) is 2.87. The Labute approximate surface area is 181 Å². The quantitative estimate of drug-likeness (QED) is 0.618. The Morgan fingerprint density at radius 2 is 1.94 bits per heavy atom. The van der Waals surface area contributed by atoms with Gasteiger partial charge in [0, 0.05) is 28.4 Å². The molecule has 0 atom stereocenters. The van der Waals surface area contributed by atoms with Crippen LogP contribution in [0.4, 0.5) is 10.1 Å². The molecule has 0 bridgehead atoms. The lowest BCUT2D eigenvalue weighted by Crippen LogP contribution is -2.43. The number of nitrogens with one attached hydrogen (secondary N) is 1. The van der Waals surface area contributed by atoms with Gasteiger partial charge in [0.2, 0.25) is 0 Å². The number of hydrogen-bond donors (Lipinski definition) is 1. The molecule has 6 heteroatoms. The van der Waals surface area contributed by atoms with Crippen LogP contribution < -0.4 is 5.32 Å². The Morgan fingerprint density at radius 3 is 2.61 bits per heavy atom. The molecule has 2 aromatic heterocycles. The number of alkyl halides is 1. The third-order valence-electron chi connectivity index (χ3n) is 5.69. The third-order valence-corrected chi connectivity index (χ3v) is 5.69. The molecule has 4 rings (SSSR count). The van der Waals surface area contributed by atoms with Crippen molar-refractivity contribution in [1.82, 2.24) is 9.97 Å². The minimum Gasteiger partial charge on any atom is -0.379 e. The van der Waals surface area contributed by atoms with Crippen LogP contribution in [0.3, 0.4) is 0 Å². The first-order valence-corrected chi connectivity index (χ1v) is 10.3. The number of aryl methyl sites for hydroxylation is 1. The van der Waals surface area contributed by atoms with Crippen LogP contribution in [0.1, 0.15) is 48.1 Å². The molecule has 160 valence electrons. The van der Waals surface area contributed by atoms with Crippen LogP contribution in [0.15, 0.2) is 54.9 Å². The molecule has 3 aromatic rings. The van der Waals surface area contributed by atoms with E-state index in [1.807, 2.05) is 25.1 Å². The number of halogens is 1. The van der Waals surface area contributed by atoms with E-state index in [1.54, 1.807) is 12.3 Å². The van der Waals surface area contributed by atoms with Gasteiger partial charge < -0.3 is 10.1 Å². The molecule has 1 amide bonds. The maximum atomic E-state index is 14.2. The summed E-state index contributed by atoms with van der Waals surface area (Å²) >= 11 is 0. The molecule has 1 fully saturated rings. The summed E-state index contributed by atoms with van der Waals surface area (Å²) in [5.41, 5.74) is 3.63. The minimum atomic E-state index is -1.62. The molecule has 0 unspecified atom stereocenters. The fourth-order valence-electron chi connectivity index (χ4n) is 3.63. The lowest BCUT2D eigenvalue weighted by molar-refractivity contribution is -0.0499. The van der Waals surface area contributed by atoms with Crippen molar-refractivity contribution in [2.75, 3.05) is 18.5 Å². The SMILES string of the molecule is Cc1ncc(NC(=O)c2ccnc(C(C)(C)F)c2)cc1-c1cccc(C2(C)COC2)c1. The molecule has 1 aliphatic rings. The lowest BCUT2D eigenvalue weighted by Gasteiger charge is -2.38. The van der Waals surface area contributed by atoms with Crippen molar-refractivity contribution < 1.29 is 13.9 Å². The van der Waals surface area contributed by atoms with Gasteiger partial charge in [-0.05, 0) is 50.1 Å². The minimum absolute atomic E-state index is 0.0341. The van der Waals surface area contributed by atoms with Crippen LogP contribution in [0.2, 0.25) is 0 Å². The van der Waals surface area contributed by atoms with Crippen LogP contribution in [0, 0.1) is 6.92 Å². The van der Waals surface area contributed by atoms with Crippen LogP contribution in [0.5, 0.6) is 0 Å². The molecule has 0 radical (unpaired) electrons. The van der Waals surface area contributed by atoms with Gasteiger partial charge in [-0.3, -0.25) is 14.8 Å². The zero-order valence-corrected chi connectivity index (χ0v) is 18.2. The number of nitrogens with zero attached hydrogens (tertiary/aromatic N) is 2. The zero-order chi connectivity index (χ0) is 22.2. The summed E-state index contributed by atoms with van der Waals surface area (Å²) in [4.78, 5) is 21.3. The molecule has 1 aromatic carbocycles. The van der Waals surface area contributed by atoms with Gasteiger partial charge in [0.15, 0.2) is 0 Å². The second kappa shape index (κ2) is 7.85. The van der Waals surface area contributed by atoms with Crippen molar-refractivity contribution in [3.63, 3.8) is 0 Å². The highest BCUT2D eigenvalue weighted by atomic mass is 19.1. The van der Waals surface area contributed by atoms with E-state index < -0.39 is 5.67 Å². The molecule has 0 saturated carbocycles. The first-order valence-electron chi connectivity index (χ1n) is 10.3. The Bertz CT molecular complexity index is 1130. The topological polar surface area (TPSA) is 64.1 Å². The van der Waals surface area contributed by atoms with E-state index in [-0.39, 0.29) is 17.0 Å². The van der Waals surface area contributed by atoms with Gasteiger partial charge in [0.25, 0.3) is 5.91 Å². The molecular formula is C25H26FN3O2. The van der Waals surface area contributed by atoms with Gasteiger partial charge in [-0.2, -0.15) is 0 Å². The number of amides is 1. The summed E-state index contributed by atoms with van der Waals surface area (Å²) in [6, 6.07) is 13.3. The van der Waals surface area contributed by atoms with Gasteiger partial charge in [0.05, 0.1) is 30.8 Å². The third kappa shape index (κ3) is 4.35. The maximum absolute atomic E-state index is 14.2. The first kappa shape index (κ1) is 21.1. The predicted molar refractivity (Wildman–Crippen MR) is 119 cm³/mol. The van der Waals surface area contributed by atoms with Gasteiger partial charge in [-0.25, -0.2) is 4.39 Å². The molecule has 5 nitrogen and oxygen atoms in total. The van der Waals surface area contributed by atoms with Crippen LogP contribution in [-0.2, 0) is 15.8 Å². The Balaban J connectivity index is 1.60. The second-order valence-electron chi connectivity index (χ2n) is 8.85. The predicted octanol–water partition coefficient (Wildman–Crippen LogP) is 5.20. The van der Waals surface area contributed by atoms with Crippen LogP contribution in [0.25, 0.3) is 11.1 Å². The number of carbonyl (C=O) groups is 1. The van der Waals surface area contributed by atoms with E-state index in [0.717, 1.165) is 16.8 Å². The van der Waals surface area contributed by atoms with Gasteiger partial charge in [0.1, 0.15) is 5.67 Å². The van der Waals surface area contributed by atoms with E-state index in [9.17, 15) is 9.18 Å². The van der Waals surface area contributed by atoms with Crippen molar-refractivity contribution in [3.8, 4) is 11.1 Å². The molecule has 1 saturated heterocycles. The number of carbonyl (C=O) groups excluding carboxylic acids is 1. The Hall–Kier alpha value is -3.12. The van der Waals surface area contributed by atoms with E-state index in [4.69, 9.17) is 4.74 Å². The van der Waals surface area contributed by atoms with Crippen molar-refractivity contribution in [2.45, 2.75) is 38.8 Å². The standard InChI is InChI=1S/C25H26FN3O2/c1-16-21(17-6-5-7-19(10-17)25(4)14-31-15-25)12-20(13-28-16)29-23(30)18-8-9-27-22(11-18)24(2,3)26/h5-13H,14-15H2,1-4H3,(H,29,30). The van der Waals surface area contributed by atoms with Crippen molar-refractivity contribution in [3.05, 3.63) is 77.4 Å². The fourth-order valence-corrected chi connectivity index (χ4v) is 3.63. The van der Waals surface area contributed by atoms with E-state index >= 15 is 0 Å². The average molecular weight is 420 g/mol. The number of pyridine rings is 2. The first-order chi connectivity index (χ1) is 14.7. The number of anilines is 1. The summed E-state index contributed by atoms with van der Waals surface area (Å²) < 4.78 is 19.6. The van der Waals surface area contributed by atoms with E-state index in [1.165, 1.54) is 31.7 Å². The van der Waals surface area contributed by atoms with E-state index in [0.29, 0.717) is 24.5 Å². The molecule has 1 N–H and O–H groups in total. The number of ether oxygens (including phenoxy) is 1. The molecule has 1 aliphatic heterocycles. The van der Waals surface area contributed by atoms with Crippen molar-refractivity contribution in [2.24, 2.45) is 0 Å². The molecule has 31 heavy (non-hydrogen) atoms. The maximum Gasteiger partial charge on any atom is 0.255 e. The van der Waals surface area contributed by atoms with Gasteiger partial charge >= 0.3 is 0 Å². The number of aromatic nitrogens is 2. The largest absolute Gasteiger partial charge is 0.379 e. The molecule has 3 heterocycles. The smallest absolute Gasteiger partial charge is 0.255 e. The summed E-state index contributed by atoms with van der Waals surface area (Å²) in [5.74, 6) is -0.336. The lowest BCUT2D eigenvalue weighted by atomic mass is 9.80. The Kier molecular flexibility index (Phi) is 5.35. The highest BCUT2D eigenvalue weighted by Crippen LogP contribution is 2.35. The number of hydrogen-bond acceptors (Lipinski definition) is 4. The highest BCUT2D eigenvalue weighted by Gasteiger charge is 2.35. The van der Waals surface area contributed by atoms with Crippen molar-refractivity contribution in [1.29, 1.82) is 0 Å². The van der Waals surface area contributed by atoms with Gasteiger partial charge in [-0.15, -0.1) is 0 Å². The van der Waals surface area contributed by atoms with Crippen molar-refractivity contribution >= 4 is 11.6 Å². The summed E-state index contributed by atoms with van der Waals surface area (Å²) in [7, 11) is 0. The molecular weight excluding hydrogens is 393 g/mol. The summed E-state index contributed by atoms with van der Waals surface area (Å²) in [6.45, 7) is 8.40. The normalized spacial score (nSPS) is 15.3. The van der Waals surface area contributed by atoms with Crippen LogP contribution in [-0.4, -0.2) is 29.1 Å². The highest BCUT2D eigenvalue weighted by molar-refractivity contribution is 6.04. The summed E-state index contributed by atoms with van der Waals surface area (Å²) in [6.07, 6.45) is 3.07. The number of benzene rings is 1. The fraction of sp³-hybridized carbons (Fsp3) is 0.320. The molecule has 0 aliphatic carbocycles. The Morgan fingerprint density at radius 1 is 1.16 bits per heavy atom. The van der Waals surface area contributed by atoms with E-state index in [2.05, 4.69) is 34.3 Å². The van der Waals surface area contributed by atoms with Crippen LogP contribution >= 0.6 is 0 Å². The molecule has 0 spiro atoms.